The van der Waals surface area contributed by atoms with Crippen LogP contribution in [0.1, 0.15) is 17.5 Å². The third kappa shape index (κ3) is 1.91. The quantitative estimate of drug-likeness (QED) is 0.692. The molecule has 0 heterocycles. The Labute approximate surface area is 89.7 Å². The molecule has 0 radical (unpaired) electrons. The maximum absolute atomic E-state index is 10.4. The minimum Gasteiger partial charge on any atom is -0.303 e. The van der Waals surface area contributed by atoms with E-state index in [1.807, 2.05) is 6.07 Å². The fraction of sp³-hybridized carbons (Fsp3) is 0.214. The van der Waals surface area contributed by atoms with Crippen LogP contribution in [0.2, 0.25) is 0 Å². The van der Waals surface area contributed by atoms with E-state index in [1.54, 1.807) is 0 Å². The Hall–Kier alpha value is -1.63. The van der Waals surface area contributed by atoms with Gasteiger partial charge < -0.3 is 4.79 Å². The van der Waals surface area contributed by atoms with Gasteiger partial charge in [0.15, 0.2) is 0 Å². The van der Waals surface area contributed by atoms with Crippen LogP contribution in [-0.4, -0.2) is 6.29 Å². The fourth-order valence-electron chi connectivity index (χ4n) is 1.94. The Morgan fingerprint density at radius 1 is 1.07 bits per heavy atom. The van der Waals surface area contributed by atoms with Crippen LogP contribution >= 0.6 is 0 Å². The predicted octanol–water partition coefficient (Wildman–Crippen LogP) is 3.28. The molecule has 2 aromatic carbocycles. The molecule has 0 saturated carbocycles. The first-order valence-corrected chi connectivity index (χ1v) is 5.24. The van der Waals surface area contributed by atoms with E-state index in [1.165, 1.54) is 21.9 Å². The standard InChI is InChI=1S/C14H14O/c1-11-8-9-12(5-4-10-15)14-7-3-2-6-13(11)14/h2-3,6-10H,4-5H2,1H3. The smallest absolute Gasteiger partial charge is 0.120 e. The minimum atomic E-state index is 0.604. The zero-order valence-electron chi connectivity index (χ0n) is 8.86. The van der Waals surface area contributed by atoms with E-state index in [4.69, 9.17) is 0 Å². The summed E-state index contributed by atoms with van der Waals surface area (Å²) >= 11 is 0. The van der Waals surface area contributed by atoms with E-state index in [2.05, 4.69) is 37.3 Å². The number of aldehydes is 1. The molecule has 0 bridgehead atoms. The van der Waals surface area contributed by atoms with Gasteiger partial charge in [0.1, 0.15) is 6.29 Å². The second-order valence-corrected chi connectivity index (χ2v) is 3.79. The number of carbonyl (C=O) groups excluding carboxylic acids is 1. The predicted molar refractivity (Wildman–Crippen MR) is 63.1 cm³/mol. The highest BCUT2D eigenvalue weighted by Gasteiger charge is 2.02. The lowest BCUT2D eigenvalue weighted by atomic mass is 9.98. The topological polar surface area (TPSA) is 17.1 Å². The molecule has 15 heavy (non-hydrogen) atoms. The van der Waals surface area contributed by atoms with Crippen LogP contribution in [0, 0.1) is 6.92 Å². The summed E-state index contributed by atoms with van der Waals surface area (Å²) in [6.45, 7) is 2.12. The van der Waals surface area contributed by atoms with Crippen LogP contribution in [0.3, 0.4) is 0 Å². The summed E-state index contributed by atoms with van der Waals surface area (Å²) in [5.74, 6) is 0. The SMILES string of the molecule is Cc1ccc(CCC=O)c2ccccc12. The van der Waals surface area contributed by atoms with Gasteiger partial charge in [0.2, 0.25) is 0 Å². The van der Waals surface area contributed by atoms with Crippen molar-refractivity contribution in [2.24, 2.45) is 0 Å². The van der Waals surface area contributed by atoms with Crippen molar-refractivity contribution in [3.63, 3.8) is 0 Å². The summed E-state index contributed by atoms with van der Waals surface area (Å²) in [6, 6.07) is 12.6. The third-order valence-corrected chi connectivity index (χ3v) is 2.76. The van der Waals surface area contributed by atoms with Gasteiger partial charge in [-0.15, -0.1) is 0 Å². The van der Waals surface area contributed by atoms with Crippen molar-refractivity contribution in [3.05, 3.63) is 47.5 Å². The Bertz CT molecular complexity index is 486. The van der Waals surface area contributed by atoms with Crippen molar-refractivity contribution in [2.45, 2.75) is 19.8 Å². The molecule has 1 heteroatoms. The number of fused-ring (bicyclic) bond motifs is 1. The van der Waals surface area contributed by atoms with E-state index in [9.17, 15) is 4.79 Å². The van der Waals surface area contributed by atoms with Crippen LogP contribution in [0.5, 0.6) is 0 Å². The summed E-state index contributed by atoms with van der Waals surface area (Å²) in [4.78, 5) is 10.4. The van der Waals surface area contributed by atoms with Crippen molar-refractivity contribution < 1.29 is 4.79 Å². The number of aryl methyl sites for hydroxylation is 2. The first-order chi connectivity index (χ1) is 7.33. The maximum Gasteiger partial charge on any atom is 0.120 e. The average Bonchev–Trinajstić information content (AvgIpc) is 2.29. The molecule has 0 saturated heterocycles. The molecule has 76 valence electrons. The minimum absolute atomic E-state index is 0.604. The zero-order chi connectivity index (χ0) is 10.7. The molecular formula is C14H14O. The molecule has 0 aromatic heterocycles. The van der Waals surface area contributed by atoms with E-state index in [-0.39, 0.29) is 0 Å². The van der Waals surface area contributed by atoms with Gasteiger partial charge in [-0.05, 0) is 35.2 Å². The highest BCUT2D eigenvalue weighted by Crippen LogP contribution is 2.22. The average molecular weight is 198 g/mol. The Morgan fingerprint density at radius 3 is 2.53 bits per heavy atom. The van der Waals surface area contributed by atoms with Gasteiger partial charge in [0.25, 0.3) is 0 Å². The van der Waals surface area contributed by atoms with Crippen molar-refractivity contribution in [1.82, 2.24) is 0 Å². The molecule has 0 spiro atoms. The summed E-state index contributed by atoms with van der Waals surface area (Å²) in [5.41, 5.74) is 2.56. The number of hydrogen-bond donors (Lipinski definition) is 0. The van der Waals surface area contributed by atoms with E-state index in [0.717, 1.165) is 12.7 Å². The maximum atomic E-state index is 10.4. The van der Waals surface area contributed by atoms with E-state index < -0.39 is 0 Å². The van der Waals surface area contributed by atoms with Crippen LogP contribution in [0.25, 0.3) is 10.8 Å². The summed E-state index contributed by atoms with van der Waals surface area (Å²) in [5, 5.41) is 2.57. The van der Waals surface area contributed by atoms with Gasteiger partial charge in [-0.2, -0.15) is 0 Å². The molecule has 0 aliphatic heterocycles. The van der Waals surface area contributed by atoms with E-state index >= 15 is 0 Å². The Balaban J connectivity index is 2.56. The van der Waals surface area contributed by atoms with E-state index in [0.29, 0.717) is 6.42 Å². The number of hydrogen-bond acceptors (Lipinski definition) is 1. The molecular weight excluding hydrogens is 184 g/mol. The van der Waals surface area contributed by atoms with Crippen LogP contribution in [0.15, 0.2) is 36.4 Å². The number of rotatable bonds is 3. The Morgan fingerprint density at radius 2 is 1.80 bits per heavy atom. The molecule has 2 rings (SSSR count). The lowest BCUT2D eigenvalue weighted by molar-refractivity contribution is -0.107. The van der Waals surface area contributed by atoms with Crippen molar-refractivity contribution in [1.29, 1.82) is 0 Å². The second kappa shape index (κ2) is 4.26. The van der Waals surface area contributed by atoms with Gasteiger partial charge in [-0.3, -0.25) is 0 Å². The normalized spacial score (nSPS) is 10.5. The molecule has 0 atom stereocenters. The highest BCUT2D eigenvalue weighted by molar-refractivity contribution is 5.88. The lowest BCUT2D eigenvalue weighted by Crippen LogP contribution is -1.89. The van der Waals surface area contributed by atoms with Gasteiger partial charge in [0, 0.05) is 6.42 Å². The highest BCUT2D eigenvalue weighted by atomic mass is 16.1. The second-order valence-electron chi connectivity index (χ2n) is 3.79. The van der Waals surface area contributed by atoms with Crippen LogP contribution < -0.4 is 0 Å². The molecule has 1 nitrogen and oxygen atoms in total. The van der Waals surface area contributed by atoms with Crippen LogP contribution in [-0.2, 0) is 11.2 Å². The van der Waals surface area contributed by atoms with Crippen molar-refractivity contribution in [3.8, 4) is 0 Å². The molecule has 0 aliphatic rings. The summed E-state index contributed by atoms with van der Waals surface area (Å²) in [6.07, 6.45) is 2.42. The largest absolute Gasteiger partial charge is 0.303 e. The zero-order valence-corrected chi connectivity index (χ0v) is 8.86. The molecule has 0 amide bonds. The molecule has 0 unspecified atom stereocenters. The van der Waals surface area contributed by atoms with Gasteiger partial charge in [0.05, 0.1) is 0 Å². The number of carbonyl (C=O) groups is 1. The lowest BCUT2D eigenvalue weighted by Gasteiger charge is -2.07. The van der Waals surface area contributed by atoms with Crippen molar-refractivity contribution in [2.75, 3.05) is 0 Å². The Kier molecular flexibility index (Phi) is 2.82. The van der Waals surface area contributed by atoms with Crippen LogP contribution in [0.4, 0.5) is 0 Å². The molecule has 0 aliphatic carbocycles. The summed E-state index contributed by atoms with van der Waals surface area (Å²) < 4.78 is 0. The van der Waals surface area contributed by atoms with Gasteiger partial charge in [-0.1, -0.05) is 36.4 Å². The third-order valence-electron chi connectivity index (χ3n) is 2.76. The first kappa shape index (κ1) is 9.91. The first-order valence-electron chi connectivity index (χ1n) is 5.24. The summed E-state index contributed by atoms with van der Waals surface area (Å²) in [7, 11) is 0. The monoisotopic (exact) mass is 198 g/mol. The van der Waals surface area contributed by atoms with Gasteiger partial charge in [-0.25, -0.2) is 0 Å². The molecule has 0 fully saturated rings. The molecule has 2 aromatic rings. The van der Waals surface area contributed by atoms with Crippen molar-refractivity contribution >= 4 is 17.1 Å². The molecule has 0 N–H and O–H groups in total. The van der Waals surface area contributed by atoms with Gasteiger partial charge >= 0.3 is 0 Å². The number of benzene rings is 2. The fourth-order valence-corrected chi connectivity index (χ4v) is 1.94.